The molecule has 19 heavy (non-hydrogen) atoms. The Morgan fingerprint density at radius 3 is 2.95 bits per heavy atom. The van der Waals surface area contributed by atoms with Gasteiger partial charge in [0.1, 0.15) is 5.75 Å². The molecule has 1 aromatic rings. The van der Waals surface area contributed by atoms with Gasteiger partial charge in [0.2, 0.25) is 5.91 Å². The van der Waals surface area contributed by atoms with Crippen LogP contribution in [0.1, 0.15) is 31.7 Å². The molecule has 0 aromatic heterocycles. The lowest BCUT2D eigenvalue weighted by atomic mass is 10.2. The first kappa shape index (κ1) is 14.6. The fraction of sp³-hybridized carbons (Fsp3) is 0.333. The minimum absolute atomic E-state index is 0.142. The Morgan fingerprint density at radius 1 is 1.58 bits per heavy atom. The molecule has 0 atom stereocenters. The smallest absolute Gasteiger partial charge is 0.270 e. The summed E-state index contributed by atoms with van der Waals surface area (Å²) in [7, 11) is 0. The van der Waals surface area contributed by atoms with Gasteiger partial charge in [-0.25, -0.2) is 5.43 Å². The van der Waals surface area contributed by atoms with Gasteiger partial charge < -0.3 is 5.11 Å². The van der Waals surface area contributed by atoms with Crippen molar-refractivity contribution in [3.05, 3.63) is 33.9 Å². The van der Waals surface area contributed by atoms with E-state index >= 15 is 0 Å². The third-order valence-corrected chi connectivity index (χ3v) is 2.37. The Labute approximate surface area is 110 Å². The van der Waals surface area contributed by atoms with E-state index in [1.165, 1.54) is 24.4 Å². The molecule has 2 N–H and O–H groups in total. The number of carbonyl (C=O) groups excluding carboxylic acids is 1. The summed E-state index contributed by atoms with van der Waals surface area (Å²) >= 11 is 0. The van der Waals surface area contributed by atoms with Gasteiger partial charge in [-0.2, -0.15) is 5.10 Å². The fourth-order valence-corrected chi connectivity index (χ4v) is 1.33. The van der Waals surface area contributed by atoms with E-state index in [1.807, 2.05) is 6.92 Å². The summed E-state index contributed by atoms with van der Waals surface area (Å²) in [5.41, 5.74) is 2.31. The second kappa shape index (κ2) is 7.10. The van der Waals surface area contributed by atoms with Crippen molar-refractivity contribution in [3.63, 3.8) is 0 Å². The van der Waals surface area contributed by atoms with E-state index in [9.17, 15) is 20.0 Å². The van der Waals surface area contributed by atoms with Crippen molar-refractivity contribution in [1.82, 2.24) is 5.43 Å². The summed E-state index contributed by atoms with van der Waals surface area (Å²) in [5.74, 6) is -0.375. The number of phenols is 1. The molecule has 0 saturated carbocycles. The molecular weight excluding hydrogens is 250 g/mol. The number of amides is 1. The number of nitro groups is 1. The summed E-state index contributed by atoms with van der Waals surface area (Å²) in [6.07, 6.45) is 3.22. The van der Waals surface area contributed by atoms with Crippen LogP contribution in [-0.4, -0.2) is 22.2 Å². The molecule has 102 valence electrons. The Kier molecular flexibility index (Phi) is 5.46. The molecule has 0 aliphatic rings. The van der Waals surface area contributed by atoms with Crippen LogP contribution in [-0.2, 0) is 4.79 Å². The fourth-order valence-electron chi connectivity index (χ4n) is 1.33. The van der Waals surface area contributed by atoms with Crippen LogP contribution in [0.25, 0.3) is 0 Å². The Balaban J connectivity index is 2.68. The van der Waals surface area contributed by atoms with Crippen molar-refractivity contribution >= 4 is 17.8 Å². The maximum absolute atomic E-state index is 11.3. The quantitative estimate of drug-likeness (QED) is 0.465. The monoisotopic (exact) mass is 265 g/mol. The maximum Gasteiger partial charge on any atom is 0.270 e. The van der Waals surface area contributed by atoms with Crippen molar-refractivity contribution in [1.29, 1.82) is 0 Å². The van der Waals surface area contributed by atoms with Gasteiger partial charge in [-0.05, 0) is 12.5 Å². The number of nitrogens with one attached hydrogen (secondary N) is 1. The van der Waals surface area contributed by atoms with Gasteiger partial charge in [0.15, 0.2) is 0 Å². The maximum atomic E-state index is 11.3. The minimum atomic E-state index is -0.573. The van der Waals surface area contributed by atoms with Crippen molar-refractivity contribution in [2.75, 3.05) is 0 Å². The molecule has 0 heterocycles. The highest BCUT2D eigenvalue weighted by Gasteiger charge is 2.08. The van der Waals surface area contributed by atoms with Crippen LogP contribution in [0, 0.1) is 10.1 Å². The second-order valence-corrected chi connectivity index (χ2v) is 3.90. The molecule has 1 aromatic carbocycles. The number of unbranched alkanes of at least 4 members (excludes halogenated alkanes) is 1. The molecule has 0 aliphatic heterocycles. The molecule has 0 saturated heterocycles. The molecule has 0 fully saturated rings. The van der Waals surface area contributed by atoms with Gasteiger partial charge in [-0.15, -0.1) is 0 Å². The number of nitro benzene ring substituents is 1. The molecule has 0 spiro atoms. The zero-order chi connectivity index (χ0) is 14.3. The van der Waals surface area contributed by atoms with Crippen LogP contribution < -0.4 is 5.43 Å². The third kappa shape index (κ3) is 4.74. The highest BCUT2D eigenvalue weighted by molar-refractivity contribution is 5.85. The first-order chi connectivity index (χ1) is 9.04. The van der Waals surface area contributed by atoms with Crippen LogP contribution in [0.15, 0.2) is 23.3 Å². The van der Waals surface area contributed by atoms with E-state index < -0.39 is 4.92 Å². The first-order valence-electron chi connectivity index (χ1n) is 5.84. The number of hydrogen-bond acceptors (Lipinski definition) is 5. The molecule has 7 nitrogen and oxygen atoms in total. The van der Waals surface area contributed by atoms with E-state index in [0.717, 1.165) is 12.8 Å². The molecule has 1 rings (SSSR count). The van der Waals surface area contributed by atoms with Crippen LogP contribution >= 0.6 is 0 Å². The van der Waals surface area contributed by atoms with E-state index in [0.29, 0.717) is 6.42 Å². The van der Waals surface area contributed by atoms with Crippen molar-refractivity contribution < 1.29 is 14.8 Å². The highest BCUT2D eigenvalue weighted by Crippen LogP contribution is 2.21. The van der Waals surface area contributed by atoms with Gasteiger partial charge in [0.05, 0.1) is 11.1 Å². The van der Waals surface area contributed by atoms with E-state index in [4.69, 9.17) is 0 Å². The average Bonchev–Trinajstić information content (AvgIpc) is 2.38. The summed E-state index contributed by atoms with van der Waals surface area (Å²) in [4.78, 5) is 21.3. The predicted molar refractivity (Wildman–Crippen MR) is 70.0 cm³/mol. The van der Waals surface area contributed by atoms with Crippen molar-refractivity contribution in [2.45, 2.75) is 26.2 Å². The summed E-state index contributed by atoms with van der Waals surface area (Å²) < 4.78 is 0. The molecular formula is C12H15N3O4. The summed E-state index contributed by atoms with van der Waals surface area (Å²) in [5, 5.41) is 23.7. The normalized spacial score (nSPS) is 10.6. The standard InChI is InChI=1S/C12H15N3O4/c1-2-3-4-12(17)14-13-8-9-7-10(15(18)19)5-6-11(9)16/h5-8,16H,2-4H2,1H3,(H,14,17)/b13-8-. The highest BCUT2D eigenvalue weighted by atomic mass is 16.6. The van der Waals surface area contributed by atoms with Gasteiger partial charge in [-0.3, -0.25) is 14.9 Å². The Morgan fingerprint density at radius 2 is 2.32 bits per heavy atom. The van der Waals surface area contributed by atoms with E-state index in [-0.39, 0.29) is 22.9 Å². The lowest BCUT2D eigenvalue weighted by molar-refractivity contribution is -0.384. The minimum Gasteiger partial charge on any atom is -0.507 e. The van der Waals surface area contributed by atoms with Crippen molar-refractivity contribution in [3.8, 4) is 5.75 Å². The third-order valence-electron chi connectivity index (χ3n) is 2.37. The topological polar surface area (TPSA) is 105 Å². The van der Waals surface area contributed by atoms with Crippen molar-refractivity contribution in [2.24, 2.45) is 5.10 Å². The van der Waals surface area contributed by atoms with Gasteiger partial charge in [-0.1, -0.05) is 13.3 Å². The number of non-ortho nitro benzene ring substituents is 1. The predicted octanol–water partition coefficient (Wildman–Crippen LogP) is 1.94. The number of benzene rings is 1. The number of hydrogen-bond donors (Lipinski definition) is 2. The first-order valence-corrected chi connectivity index (χ1v) is 5.84. The van der Waals surface area contributed by atoms with Crippen LogP contribution in [0.3, 0.4) is 0 Å². The number of carbonyl (C=O) groups is 1. The average molecular weight is 265 g/mol. The van der Waals surface area contributed by atoms with E-state index in [2.05, 4.69) is 10.5 Å². The molecule has 0 aliphatic carbocycles. The summed E-state index contributed by atoms with van der Waals surface area (Å²) in [6.45, 7) is 1.97. The molecule has 0 bridgehead atoms. The summed E-state index contributed by atoms with van der Waals surface area (Å²) in [6, 6.07) is 3.57. The largest absolute Gasteiger partial charge is 0.507 e. The number of aromatic hydroxyl groups is 1. The van der Waals surface area contributed by atoms with Gasteiger partial charge in [0, 0.05) is 24.1 Å². The molecule has 0 unspecified atom stereocenters. The molecule has 1 amide bonds. The number of hydrazone groups is 1. The zero-order valence-corrected chi connectivity index (χ0v) is 10.5. The van der Waals surface area contributed by atoms with Gasteiger partial charge >= 0.3 is 0 Å². The SMILES string of the molecule is CCCCC(=O)N/N=C\c1cc([N+](=O)[O-])ccc1O. The Hall–Kier alpha value is -2.44. The lowest BCUT2D eigenvalue weighted by Gasteiger charge is -2.00. The number of phenolic OH excluding ortho intramolecular Hbond substituents is 1. The van der Waals surface area contributed by atoms with Crippen LogP contribution in [0.4, 0.5) is 5.69 Å². The second-order valence-electron chi connectivity index (χ2n) is 3.90. The molecule has 7 heteroatoms. The van der Waals surface area contributed by atoms with Crippen LogP contribution in [0.2, 0.25) is 0 Å². The Bertz CT molecular complexity index is 500. The number of rotatable bonds is 6. The zero-order valence-electron chi connectivity index (χ0n) is 10.5. The van der Waals surface area contributed by atoms with Gasteiger partial charge in [0.25, 0.3) is 5.69 Å². The molecule has 0 radical (unpaired) electrons. The van der Waals surface area contributed by atoms with E-state index in [1.54, 1.807) is 0 Å². The number of nitrogens with zero attached hydrogens (tertiary/aromatic N) is 2. The van der Waals surface area contributed by atoms with Crippen LogP contribution in [0.5, 0.6) is 5.75 Å². The lowest BCUT2D eigenvalue weighted by Crippen LogP contribution is -2.16.